The topological polar surface area (TPSA) is 49.8 Å². The van der Waals surface area contributed by atoms with Crippen LogP contribution in [0.25, 0.3) is 0 Å². The molecule has 2 aliphatic rings. The molecule has 2 heterocycles. The Bertz CT molecular complexity index is 269. The summed E-state index contributed by atoms with van der Waals surface area (Å²) in [5.74, 6) is 0.618. The molecule has 0 radical (unpaired) electrons. The van der Waals surface area contributed by atoms with Gasteiger partial charge in [0.05, 0.1) is 6.10 Å². The van der Waals surface area contributed by atoms with E-state index in [4.69, 9.17) is 4.74 Å². The quantitative estimate of drug-likeness (QED) is 0.715. The van der Waals surface area contributed by atoms with Gasteiger partial charge in [-0.2, -0.15) is 0 Å². The van der Waals surface area contributed by atoms with Crippen molar-refractivity contribution in [3.63, 3.8) is 0 Å². The van der Waals surface area contributed by atoms with Crippen molar-refractivity contribution >= 4 is 5.91 Å². The Morgan fingerprint density at radius 2 is 2.06 bits per heavy atom. The molecule has 4 unspecified atom stereocenters. The predicted molar refractivity (Wildman–Crippen MR) is 59.9 cm³/mol. The van der Waals surface area contributed by atoms with E-state index in [1.54, 1.807) is 0 Å². The van der Waals surface area contributed by atoms with Gasteiger partial charge in [-0.25, -0.2) is 0 Å². The maximum Gasteiger partial charge on any atom is 0.251 e. The highest BCUT2D eigenvalue weighted by Gasteiger charge is 2.36. The Kier molecular flexibility index (Phi) is 3.50. The van der Waals surface area contributed by atoms with Crippen molar-refractivity contribution in [3.8, 4) is 0 Å². The summed E-state index contributed by atoms with van der Waals surface area (Å²) in [6.45, 7) is 6.08. The van der Waals surface area contributed by atoms with E-state index in [2.05, 4.69) is 6.92 Å². The molecule has 2 rings (SSSR count). The van der Waals surface area contributed by atoms with Gasteiger partial charge in [-0.1, -0.05) is 13.8 Å². The number of likely N-dealkylation sites (tertiary alicyclic amines) is 1. The minimum atomic E-state index is -0.258. The molecule has 16 heavy (non-hydrogen) atoms. The molecule has 0 saturated carbocycles. The lowest BCUT2D eigenvalue weighted by Gasteiger charge is -2.36. The molecule has 92 valence electrons. The fourth-order valence-corrected chi connectivity index (χ4v) is 2.52. The molecule has 0 spiro atoms. The first-order valence-corrected chi connectivity index (χ1v) is 6.18. The molecule has 0 aromatic carbocycles. The minimum Gasteiger partial charge on any atom is -0.393 e. The average molecular weight is 227 g/mol. The number of carbonyl (C=O) groups is 1. The first-order chi connectivity index (χ1) is 7.59. The molecule has 0 aromatic heterocycles. The van der Waals surface area contributed by atoms with Crippen molar-refractivity contribution in [2.75, 3.05) is 19.7 Å². The van der Waals surface area contributed by atoms with Gasteiger partial charge in [-0.05, 0) is 24.7 Å². The van der Waals surface area contributed by atoms with Crippen molar-refractivity contribution < 1.29 is 14.6 Å². The Morgan fingerprint density at radius 3 is 2.62 bits per heavy atom. The molecule has 0 aliphatic carbocycles. The van der Waals surface area contributed by atoms with Crippen LogP contribution in [0, 0.1) is 11.8 Å². The van der Waals surface area contributed by atoms with Crippen LogP contribution in [0.1, 0.15) is 26.7 Å². The van der Waals surface area contributed by atoms with E-state index in [1.807, 2.05) is 11.8 Å². The lowest BCUT2D eigenvalue weighted by molar-refractivity contribution is -0.146. The van der Waals surface area contributed by atoms with Crippen molar-refractivity contribution in [2.45, 2.75) is 38.9 Å². The average Bonchev–Trinajstić information content (AvgIpc) is 2.67. The molecular formula is C12H21NO3. The molecule has 2 aliphatic heterocycles. The number of hydrogen-bond acceptors (Lipinski definition) is 3. The Balaban J connectivity index is 1.95. The minimum absolute atomic E-state index is 0.115. The van der Waals surface area contributed by atoms with Gasteiger partial charge in [0, 0.05) is 19.7 Å². The zero-order chi connectivity index (χ0) is 11.7. The van der Waals surface area contributed by atoms with Crippen LogP contribution in [0.4, 0.5) is 0 Å². The van der Waals surface area contributed by atoms with Gasteiger partial charge in [0.15, 0.2) is 0 Å². The van der Waals surface area contributed by atoms with Crippen LogP contribution in [0.5, 0.6) is 0 Å². The second-order valence-electron chi connectivity index (χ2n) is 5.17. The van der Waals surface area contributed by atoms with E-state index in [9.17, 15) is 9.90 Å². The summed E-state index contributed by atoms with van der Waals surface area (Å²) in [6.07, 6.45) is 1.16. The van der Waals surface area contributed by atoms with Gasteiger partial charge in [0.1, 0.15) is 6.10 Å². The molecule has 0 aromatic rings. The highest BCUT2D eigenvalue weighted by Crippen LogP contribution is 2.24. The standard InChI is InChI=1S/C12H21NO3/c1-8-4-6-16-11(8)12(15)13-5-3-10(14)9(2)7-13/h8-11,14H,3-7H2,1-2H3. The highest BCUT2D eigenvalue weighted by atomic mass is 16.5. The highest BCUT2D eigenvalue weighted by molar-refractivity contribution is 5.81. The molecule has 2 saturated heterocycles. The fraction of sp³-hybridized carbons (Fsp3) is 0.917. The number of ether oxygens (including phenoxy) is 1. The Labute approximate surface area is 96.6 Å². The van der Waals surface area contributed by atoms with Gasteiger partial charge < -0.3 is 14.7 Å². The summed E-state index contributed by atoms with van der Waals surface area (Å²) in [5, 5.41) is 9.63. The van der Waals surface area contributed by atoms with Gasteiger partial charge >= 0.3 is 0 Å². The first kappa shape index (κ1) is 11.9. The number of nitrogens with zero attached hydrogens (tertiary/aromatic N) is 1. The smallest absolute Gasteiger partial charge is 0.251 e. The van der Waals surface area contributed by atoms with Crippen LogP contribution in [0.2, 0.25) is 0 Å². The number of piperidine rings is 1. The van der Waals surface area contributed by atoms with E-state index < -0.39 is 0 Å². The summed E-state index contributed by atoms with van der Waals surface area (Å²) in [6, 6.07) is 0. The van der Waals surface area contributed by atoms with Gasteiger partial charge in [0.25, 0.3) is 5.91 Å². The summed E-state index contributed by atoms with van der Waals surface area (Å²) in [4.78, 5) is 14.0. The third-order valence-electron chi connectivity index (χ3n) is 3.80. The Hall–Kier alpha value is -0.610. The molecular weight excluding hydrogens is 206 g/mol. The van der Waals surface area contributed by atoms with E-state index in [0.717, 1.165) is 6.42 Å². The number of amides is 1. The van der Waals surface area contributed by atoms with E-state index in [1.165, 1.54) is 0 Å². The van der Waals surface area contributed by atoms with Crippen LogP contribution >= 0.6 is 0 Å². The number of hydrogen-bond donors (Lipinski definition) is 1. The SMILES string of the molecule is CC1CN(C(=O)C2OCCC2C)CCC1O. The largest absolute Gasteiger partial charge is 0.393 e. The van der Waals surface area contributed by atoms with Crippen LogP contribution < -0.4 is 0 Å². The summed E-state index contributed by atoms with van der Waals surface area (Å²) in [5.41, 5.74) is 0. The van der Waals surface area contributed by atoms with Gasteiger partial charge in [-0.15, -0.1) is 0 Å². The second kappa shape index (κ2) is 4.72. The number of carbonyl (C=O) groups excluding carboxylic acids is 1. The van der Waals surface area contributed by atoms with E-state index in [-0.39, 0.29) is 24.0 Å². The summed E-state index contributed by atoms with van der Waals surface area (Å²) >= 11 is 0. The third kappa shape index (κ3) is 2.23. The first-order valence-electron chi connectivity index (χ1n) is 6.18. The zero-order valence-corrected chi connectivity index (χ0v) is 10.1. The Morgan fingerprint density at radius 1 is 1.31 bits per heavy atom. The molecule has 2 fully saturated rings. The summed E-state index contributed by atoms with van der Waals surface area (Å²) in [7, 11) is 0. The van der Waals surface area contributed by atoms with Gasteiger partial charge in [-0.3, -0.25) is 4.79 Å². The molecule has 4 nitrogen and oxygen atoms in total. The number of aliphatic hydroxyl groups is 1. The van der Waals surface area contributed by atoms with Crippen LogP contribution in [0.3, 0.4) is 0 Å². The van der Waals surface area contributed by atoms with Crippen molar-refractivity contribution in [1.82, 2.24) is 4.90 Å². The normalized spacial score (nSPS) is 40.1. The van der Waals surface area contributed by atoms with E-state index >= 15 is 0 Å². The van der Waals surface area contributed by atoms with Crippen LogP contribution in [-0.2, 0) is 9.53 Å². The number of aliphatic hydroxyl groups excluding tert-OH is 1. The second-order valence-corrected chi connectivity index (χ2v) is 5.17. The van der Waals surface area contributed by atoms with E-state index in [0.29, 0.717) is 32.0 Å². The summed E-state index contributed by atoms with van der Waals surface area (Å²) < 4.78 is 5.49. The lowest BCUT2D eigenvalue weighted by Crippen LogP contribution is -2.49. The van der Waals surface area contributed by atoms with Crippen molar-refractivity contribution in [1.29, 1.82) is 0 Å². The molecule has 4 atom stereocenters. The van der Waals surface area contributed by atoms with Crippen LogP contribution in [-0.4, -0.2) is 47.8 Å². The maximum atomic E-state index is 12.2. The van der Waals surface area contributed by atoms with Gasteiger partial charge in [0.2, 0.25) is 0 Å². The predicted octanol–water partition coefficient (Wildman–Crippen LogP) is 0.641. The van der Waals surface area contributed by atoms with Crippen molar-refractivity contribution in [2.24, 2.45) is 11.8 Å². The number of rotatable bonds is 1. The third-order valence-corrected chi connectivity index (χ3v) is 3.80. The molecule has 1 N–H and O–H groups in total. The zero-order valence-electron chi connectivity index (χ0n) is 10.1. The monoisotopic (exact) mass is 227 g/mol. The molecule has 1 amide bonds. The maximum absolute atomic E-state index is 12.2. The molecule has 0 bridgehead atoms. The molecule has 4 heteroatoms. The lowest BCUT2D eigenvalue weighted by atomic mass is 9.95. The fourth-order valence-electron chi connectivity index (χ4n) is 2.52. The van der Waals surface area contributed by atoms with Crippen molar-refractivity contribution in [3.05, 3.63) is 0 Å². The van der Waals surface area contributed by atoms with Crippen LogP contribution in [0.15, 0.2) is 0 Å².